The molecule has 0 fully saturated rings. The number of carbonyl (C=O) groups is 2. The van der Waals surface area contributed by atoms with E-state index in [1.807, 2.05) is 71.9 Å². The summed E-state index contributed by atoms with van der Waals surface area (Å²) in [5.41, 5.74) is 5.52. The summed E-state index contributed by atoms with van der Waals surface area (Å²) < 4.78 is 27.6. The summed E-state index contributed by atoms with van der Waals surface area (Å²) in [6.07, 6.45) is 2.59. The second kappa shape index (κ2) is 17.6. The van der Waals surface area contributed by atoms with Gasteiger partial charge in [0.2, 0.25) is 21.8 Å². The highest BCUT2D eigenvalue weighted by molar-refractivity contribution is 7.89. The monoisotopic (exact) mass is 554 g/mol. The summed E-state index contributed by atoms with van der Waals surface area (Å²) in [6.45, 7) is 14.3. The number of rotatable bonds is 19. The summed E-state index contributed by atoms with van der Waals surface area (Å²) in [5.74, 6) is -2.74. The largest absolute Gasteiger partial charge is 0.304 e. The van der Waals surface area contributed by atoms with Gasteiger partial charge in [-0.2, -0.15) is 0 Å². The van der Waals surface area contributed by atoms with Crippen LogP contribution in [-0.4, -0.2) is 66.7 Å². The standard InChI is InChI=1S/C28H50N4O5S/c1-7-31(8-2)18-13-19-38(36,37)32(21-23(5)6)29-27(33)26(20-22(3)4)25(28(34)30-35)17-12-16-24-14-10-9-11-15-24/h9-11,14-15,22-23,25-26,35H,7-8,12-13,16-21H2,1-6H3,(H,29,33)(H,30,34)/t25-,26+/m0/s1. The molecule has 0 aliphatic rings. The van der Waals surface area contributed by atoms with E-state index < -0.39 is 33.7 Å². The Morgan fingerprint density at radius 3 is 2.08 bits per heavy atom. The van der Waals surface area contributed by atoms with Crippen LogP contribution in [0.4, 0.5) is 0 Å². The quantitative estimate of drug-likeness (QED) is 0.177. The molecule has 0 aliphatic carbocycles. The van der Waals surface area contributed by atoms with E-state index >= 15 is 0 Å². The third-order valence-electron chi connectivity index (χ3n) is 6.69. The molecular formula is C28H50N4O5S. The topological polar surface area (TPSA) is 119 Å². The van der Waals surface area contributed by atoms with E-state index in [-0.39, 0.29) is 24.1 Å². The van der Waals surface area contributed by atoms with Crippen LogP contribution < -0.4 is 10.9 Å². The Labute approximate surface area is 230 Å². The number of carbonyl (C=O) groups excluding carboxylic acids is 2. The molecule has 10 heteroatoms. The highest BCUT2D eigenvalue weighted by atomic mass is 32.2. The predicted molar refractivity (Wildman–Crippen MR) is 152 cm³/mol. The smallest absolute Gasteiger partial charge is 0.247 e. The van der Waals surface area contributed by atoms with Gasteiger partial charge in [0.15, 0.2) is 0 Å². The van der Waals surface area contributed by atoms with Crippen LogP contribution in [0, 0.1) is 23.7 Å². The van der Waals surface area contributed by atoms with Gasteiger partial charge in [-0.15, -0.1) is 4.41 Å². The van der Waals surface area contributed by atoms with E-state index in [0.29, 0.717) is 32.2 Å². The van der Waals surface area contributed by atoms with Gasteiger partial charge in [-0.1, -0.05) is 71.9 Å². The van der Waals surface area contributed by atoms with Crippen LogP contribution in [0.5, 0.6) is 0 Å². The fourth-order valence-corrected chi connectivity index (χ4v) is 6.09. The molecule has 0 bridgehead atoms. The molecule has 0 aliphatic heterocycles. The number of nitrogens with zero attached hydrogens (tertiary/aromatic N) is 2. The molecule has 2 amide bonds. The Morgan fingerprint density at radius 2 is 1.55 bits per heavy atom. The molecule has 218 valence electrons. The van der Waals surface area contributed by atoms with Crippen LogP contribution in [0.15, 0.2) is 30.3 Å². The Kier molecular flexibility index (Phi) is 15.7. The number of benzene rings is 1. The van der Waals surface area contributed by atoms with Crippen LogP contribution in [0.2, 0.25) is 0 Å². The van der Waals surface area contributed by atoms with Crippen LogP contribution in [0.3, 0.4) is 0 Å². The number of amides is 2. The van der Waals surface area contributed by atoms with Crippen LogP contribution >= 0.6 is 0 Å². The Morgan fingerprint density at radius 1 is 0.921 bits per heavy atom. The maximum atomic E-state index is 13.6. The number of hydroxylamine groups is 1. The van der Waals surface area contributed by atoms with E-state index in [2.05, 4.69) is 10.3 Å². The zero-order valence-electron chi connectivity index (χ0n) is 24.2. The molecule has 0 saturated carbocycles. The Bertz CT molecular complexity index is 920. The molecule has 1 rings (SSSR count). The molecule has 0 spiro atoms. The zero-order valence-corrected chi connectivity index (χ0v) is 25.0. The Hall–Kier alpha value is -2.01. The van der Waals surface area contributed by atoms with E-state index in [1.54, 1.807) is 5.48 Å². The normalized spacial score (nSPS) is 13.8. The maximum Gasteiger partial charge on any atom is 0.247 e. The average molecular weight is 555 g/mol. The first-order chi connectivity index (χ1) is 17.9. The third kappa shape index (κ3) is 12.2. The maximum absolute atomic E-state index is 13.6. The second-order valence-electron chi connectivity index (χ2n) is 10.8. The second-order valence-corrected chi connectivity index (χ2v) is 12.8. The molecule has 38 heavy (non-hydrogen) atoms. The molecule has 0 saturated heterocycles. The molecular weight excluding hydrogens is 504 g/mol. The minimum Gasteiger partial charge on any atom is -0.304 e. The van der Waals surface area contributed by atoms with Crippen LogP contribution in [0.1, 0.15) is 72.8 Å². The number of hydrazine groups is 1. The van der Waals surface area contributed by atoms with Crippen molar-refractivity contribution in [3.05, 3.63) is 35.9 Å². The first kappa shape index (κ1) is 34.0. The highest BCUT2D eigenvalue weighted by Crippen LogP contribution is 2.27. The van der Waals surface area contributed by atoms with Crippen LogP contribution in [0.25, 0.3) is 0 Å². The fraction of sp³-hybridized carbons (Fsp3) is 0.714. The molecule has 1 aromatic carbocycles. The minimum absolute atomic E-state index is 0.0150. The van der Waals surface area contributed by atoms with Crippen molar-refractivity contribution >= 4 is 21.8 Å². The summed E-state index contributed by atoms with van der Waals surface area (Å²) in [7, 11) is -3.77. The molecule has 2 atom stereocenters. The number of hydrogen-bond acceptors (Lipinski definition) is 6. The van der Waals surface area contributed by atoms with E-state index in [1.165, 1.54) is 0 Å². The molecule has 3 N–H and O–H groups in total. The summed E-state index contributed by atoms with van der Waals surface area (Å²) in [6, 6.07) is 9.86. The van der Waals surface area contributed by atoms with Crippen molar-refractivity contribution in [3.63, 3.8) is 0 Å². The van der Waals surface area contributed by atoms with Crippen molar-refractivity contribution in [2.24, 2.45) is 23.7 Å². The van der Waals surface area contributed by atoms with E-state index in [0.717, 1.165) is 29.5 Å². The van der Waals surface area contributed by atoms with Gasteiger partial charge in [0.25, 0.3) is 0 Å². The number of hydrogen-bond donors (Lipinski definition) is 3. The van der Waals surface area contributed by atoms with E-state index in [4.69, 9.17) is 0 Å². The van der Waals surface area contributed by atoms with Crippen molar-refractivity contribution in [2.75, 3.05) is 31.9 Å². The van der Waals surface area contributed by atoms with Gasteiger partial charge in [0.1, 0.15) is 0 Å². The summed E-state index contributed by atoms with van der Waals surface area (Å²) in [4.78, 5) is 28.5. The van der Waals surface area contributed by atoms with Crippen molar-refractivity contribution in [1.82, 2.24) is 20.2 Å². The van der Waals surface area contributed by atoms with Gasteiger partial charge in [0, 0.05) is 6.54 Å². The zero-order chi connectivity index (χ0) is 28.7. The first-order valence-electron chi connectivity index (χ1n) is 14.0. The van der Waals surface area contributed by atoms with Crippen molar-refractivity contribution in [2.45, 2.75) is 73.6 Å². The van der Waals surface area contributed by atoms with Gasteiger partial charge in [-0.25, -0.2) is 13.9 Å². The van der Waals surface area contributed by atoms with Crippen molar-refractivity contribution in [3.8, 4) is 0 Å². The third-order valence-corrected chi connectivity index (χ3v) is 8.41. The average Bonchev–Trinajstić information content (AvgIpc) is 2.87. The van der Waals surface area contributed by atoms with E-state index in [9.17, 15) is 23.2 Å². The van der Waals surface area contributed by atoms with Gasteiger partial charge in [-0.05, 0) is 69.1 Å². The molecule has 9 nitrogen and oxygen atoms in total. The summed E-state index contributed by atoms with van der Waals surface area (Å²) >= 11 is 0. The summed E-state index contributed by atoms with van der Waals surface area (Å²) in [5, 5.41) is 9.46. The minimum atomic E-state index is -3.77. The highest BCUT2D eigenvalue weighted by Gasteiger charge is 2.36. The molecule has 0 unspecified atom stereocenters. The molecule has 0 heterocycles. The lowest BCUT2D eigenvalue weighted by molar-refractivity contribution is -0.142. The number of aryl methyl sites for hydroxylation is 1. The van der Waals surface area contributed by atoms with Gasteiger partial charge < -0.3 is 4.90 Å². The lowest BCUT2D eigenvalue weighted by atomic mass is 9.81. The van der Waals surface area contributed by atoms with Gasteiger partial charge in [0.05, 0.1) is 17.6 Å². The fourth-order valence-electron chi connectivity index (χ4n) is 4.62. The molecule has 0 radical (unpaired) electrons. The van der Waals surface area contributed by atoms with Crippen LogP contribution in [-0.2, 0) is 26.0 Å². The number of nitrogens with one attached hydrogen (secondary N) is 2. The van der Waals surface area contributed by atoms with Crippen molar-refractivity contribution < 1.29 is 23.2 Å². The predicted octanol–water partition coefficient (Wildman–Crippen LogP) is 3.84. The van der Waals surface area contributed by atoms with Gasteiger partial charge >= 0.3 is 0 Å². The number of sulfonamides is 1. The molecule has 1 aromatic rings. The lowest BCUT2D eigenvalue weighted by Gasteiger charge is -2.30. The molecule has 0 aromatic heterocycles. The van der Waals surface area contributed by atoms with Crippen molar-refractivity contribution in [1.29, 1.82) is 0 Å². The van der Waals surface area contributed by atoms with Gasteiger partial charge in [-0.3, -0.25) is 20.2 Å². The first-order valence-corrected chi connectivity index (χ1v) is 15.6. The SMILES string of the molecule is CCN(CC)CCCS(=O)(=O)N(CC(C)C)NC(=O)[C@H](CC(C)C)[C@H](CCCc1ccccc1)C(=O)NO. The lowest BCUT2D eigenvalue weighted by Crippen LogP contribution is -2.52. The Balaban J connectivity index is 3.09.